The van der Waals surface area contributed by atoms with Gasteiger partial charge < -0.3 is 9.84 Å². The Morgan fingerprint density at radius 3 is 2.50 bits per heavy atom. The van der Waals surface area contributed by atoms with Gasteiger partial charge in [0.2, 0.25) is 0 Å². The summed E-state index contributed by atoms with van der Waals surface area (Å²) in [4.78, 5) is 10.1. The molecule has 1 N–H and O–H groups in total. The van der Waals surface area contributed by atoms with Crippen LogP contribution in [0.2, 0.25) is 0 Å². The highest BCUT2D eigenvalue weighted by Crippen LogP contribution is 2.22. The molecule has 1 fully saturated rings. The van der Waals surface area contributed by atoms with Crippen LogP contribution in [-0.4, -0.2) is 36.8 Å². The molecule has 0 aromatic rings. The van der Waals surface area contributed by atoms with Crippen molar-refractivity contribution in [3.8, 4) is 0 Å². The molecule has 0 aliphatic carbocycles. The highest BCUT2D eigenvalue weighted by atomic mass is 32.2. The first-order chi connectivity index (χ1) is 5.43. The van der Waals surface area contributed by atoms with Gasteiger partial charge in [0, 0.05) is 0 Å². The number of sulfone groups is 1. The Bertz CT molecular complexity index is 280. The van der Waals surface area contributed by atoms with Gasteiger partial charge in [0.25, 0.3) is 0 Å². The molecule has 1 rings (SSSR count). The van der Waals surface area contributed by atoms with Gasteiger partial charge in [0.1, 0.15) is 6.10 Å². The van der Waals surface area contributed by atoms with Gasteiger partial charge in [-0.2, -0.15) is 0 Å². The molecule has 0 spiro atoms. The van der Waals surface area contributed by atoms with Crippen molar-refractivity contribution in [1.82, 2.24) is 0 Å². The lowest BCUT2D eigenvalue weighted by Gasteiger charge is -2.11. The fraction of sp³-hybridized carbons (Fsp3) is 0.833. The van der Waals surface area contributed by atoms with Crippen molar-refractivity contribution in [2.45, 2.75) is 24.7 Å². The van der Waals surface area contributed by atoms with E-state index in [1.807, 2.05) is 0 Å². The van der Waals surface area contributed by atoms with Crippen LogP contribution >= 0.6 is 0 Å². The zero-order valence-electron chi connectivity index (χ0n) is 6.56. The van der Waals surface area contributed by atoms with Crippen molar-refractivity contribution in [1.29, 1.82) is 0 Å². The van der Waals surface area contributed by atoms with E-state index in [0.717, 1.165) is 0 Å². The van der Waals surface area contributed by atoms with E-state index < -0.39 is 27.3 Å². The molecular weight excluding hydrogens is 184 g/mol. The molecule has 2 atom stereocenters. The molecule has 70 valence electrons. The lowest BCUT2D eigenvalue weighted by molar-refractivity contribution is 0.0537. The summed E-state index contributed by atoms with van der Waals surface area (Å²) in [7, 11) is -3.11. The van der Waals surface area contributed by atoms with Crippen LogP contribution in [0, 0.1) is 0 Å². The second-order valence-corrected chi connectivity index (χ2v) is 5.26. The average Bonchev–Trinajstić information content (AvgIpc) is 2.15. The maximum absolute atomic E-state index is 11.1. The van der Waals surface area contributed by atoms with Crippen LogP contribution in [0.1, 0.15) is 13.3 Å². The number of carbonyl (C=O) groups is 1. The normalized spacial score (nSPS) is 33.1. The third-order valence-electron chi connectivity index (χ3n) is 2.03. The molecular formula is C6H10O5S. The SMILES string of the molecule is CC1C(OC(=O)O)CCS1(=O)=O. The second-order valence-electron chi connectivity index (χ2n) is 2.78. The fourth-order valence-corrected chi connectivity index (χ4v) is 2.80. The lowest BCUT2D eigenvalue weighted by Crippen LogP contribution is -2.27. The first-order valence-corrected chi connectivity index (χ1v) is 5.26. The maximum atomic E-state index is 11.1. The fourth-order valence-electron chi connectivity index (χ4n) is 1.22. The second kappa shape index (κ2) is 2.93. The van der Waals surface area contributed by atoms with Crippen LogP contribution in [-0.2, 0) is 14.6 Å². The number of hydrogen-bond donors (Lipinski definition) is 1. The average molecular weight is 194 g/mol. The Kier molecular flexibility index (Phi) is 2.27. The standard InChI is InChI=1S/C6H10O5S/c1-4-5(11-6(7)8)2-3-12(4,9)10/h4-5H,2-3H2,1H3,(H,7,8). The number of carboxylic acid groups (broad SMARTS) is 1. The zero-order chi connectivity index (χ0) is 9.35. The third-order valence-corrected chi connectivity index (χ3v) is 4.27. The summed E-state index contributed by atoms with van der Waals surface area (Å²) in [5, 5.41) is 7.54. The van der Waals surface area contributed by atoms with Gasteiger partial charge in [-0.1, -0.05) is 0 Å². The highest BCUT2D eigenvalue weighted by Gasteiger charge is 2.39. The first kappa shape index (κ1) is 9.31. The molecule has 0 amide bonds. The molecule has 0 bridgehead atoms. The molecule has 0 radical (unpaired) electrons. The molecule has 1 heterocycles. The molecule has 12 heavy (non-hydrogen) atoms. The van der Waals surface area contributed by atoms with E-state index >= 15 is 0 Å². The van der Waals surface area contributed by atoms with Crippen molar-refractivity contribution in [3.05, 3.63) is 0 Å². The minimum Gasteiger partial charge on any atom is -0.450 e. The minimum absolute atomic E-state index is 0.0200. The monoisotopic (exact) mass is 194 g/mol. The molecule has 1 aliphatic rings. The third kappa shape index (κ3) is 1.69. The van der Waals surface area contributed by atoms with Gasteiger partial charge in [-0.15, -0.1) is 0 Å². The summed E-state index contributed by atoms with van der Waals surface area (Å²) in [6.07, 6.45) is -1.83. The van der Waals surface area contributed by atoms with E-state index in [9.17, 15) is 13.2 Å². The number of ether oxygens (including phenoxy) is 1. The minimum atomic E-state index is -3.11. The summed E-state index contributed by atoms with van der Waals surface area (Å²) in [6, 6.07) is 0. The molecule has 0 aromatic heterocycles. The van der Waals surface area contributed by atoms with Gasteiger partial charge >= 0.3 is 6.16 Å². The van der Waals surface area contributed by atoms with Crippen LogP contribution in [0.25, 0.3) is 0 Å². The summed E-state index contributed by atoms with van der Waals surface area (Å²) < 4.78 is 26.6. The Morgan fingerprint density at radius 1 is 1.58 bits per heavy atom. The molecule has 1 saturated heterocycles. The Balaban J connectivity index is 2.68. The van der Waals surface area contributed by atoms with E-state index in [1.54, 1.807) is 0 Å². The molecule has 6 heteroatoms. The number of hydrogen-bond acceptors (Lipinski definition) is 4. The smallest absolute Gasteiger partial charge is 0.450 e. The Morgan fingerprint density at radius 2 is 2.17 bits per heavy atom. The Hall–Kier alpha value is -0.780. The molecule has 0 aromatic carbocycles. The van der Waals surface area contributed by atoms with Crippen LogP contribution in [0.15, 0.2) is 0 Å². The Labute approximate surface area is 70.3 Å². The summed E-state index contributed by atoms with van der Waals surface area (Å²) >= 11 is 0. The van der Waals surface area contributed by atoms with Crippen LogP contribution < -0.4 is 0 Å². The van der Waals surface area contributed by atoms with E-state index in [-0.39, 0.29) is 12.2 Å². The van der Waals surface area contributed by atoms with E-state index in [1.165, 1.54) is 6.92 Å². The summed E-state index contributed by atoms with van der Waals surface area (Å²) in [6.45, 7) is 1.47. The van der Waals surface area contributed by atoms with Gasteiger partial charge in [0.05, 0.1) is 11.0 Å². The van der Waals surface area contributed by atoms with Crippen LogP contribution in [0.5, 0.6) is 0 Å². The molecule has 5 nitrogen and oxygen atoms in total. The van der Waals surface area contributed by atoms with Crippen molar-refractivity contribution < 1.29 is 23.1 Å². The predicted octanol–water partition coefficient (Wildman–Crippen LogP) is 0.257. The van der Waals surface area contributed by atoms with Crippen LogP contribution in [0.4, 0.5) is 4.79 Å². The topological polar surface area (TPSA) is 80.7 Å². The predicted molar refractivity (Wildman–Crippen MR) is 40.8 cm³/mol. The largest absolute Gasteiger partial charge is 0.506 e. The lowest BCUT2D eigenvalue weighted by atomic mass is 10.2. The van der Waals surface area contributed by atoms with Gasteiger partial charge in [-0.3, -0.25) is 0 Å². The summed E-state index contributed by atoms with van der Waals surface area (Å²) in [5.41, 5.74) is 0. The highest BCUT2D eigenvalue weighted by molar-refractivity contribution is 7.92. The molecule has 2 unspecified atom stereocenters. The zero-order valence-corrected chi connectivity index (χ0v) is 7.37. The van der Waals surface area contributed by atoms with E-state index in [4.69, 9.17) is 5.11 Å². The first-order valence-electron chi connectivity index (χ1n) is 3.54. The van der Waals surface area contributed by atoms with Crippen molar-refractivity contribution in [3.63, 3.8) is 0 Å². The van der Waals surface area contributed by atoms with Gasteiger partial charge in [-0.25, -0.2) is 13.2 Å². The molecule has 0 saturated carbocycles. The molecule has 1 aliphatic heterocycles. The van der Waals surface area contributed by atoms with E-state index in [2.05, 4.69) is 4.74 Å². The van der Waals surface area contributed by atoms with Gasteiger partial charge in [0.15, 0.2) is 9.84 Å². The quantitative estimate of drug-likeness (QED) is 0.605. The van der Waals surface area contributed by atoms with Crippen molar-refractivity contribution in [2.24, 2.45) is 0 Å². The van der Waals surface area contributed by atoms with Crippen molar-refractivity contribution in [2.75, 3.05) is 5.75 Å². The van der Waals surface area contributed by atoms with Gasteiger partial charge in [-0.05, 0) is 13.3 Å². The summed E-state index contributed by atoms with van der Waals surface area (Å²) in [5.74, 6) is 0.0200. The maximum Gasteiger partial charge on any atom is 0.506 e. The van der Waals surface area contributed by atoms with Crippen molar-refractivity contribution >= 4 is 16.0 Å². The van der Waals surface area contributed by atoms with Crippen LogP contribution in [0.3, 0.4) is 0 Å². The number of rotatable bonds is 1. The van der Waals surface area contributed by atoms with E-state index in [0.29, 0.717) is 0 Å².